The maximum Gasteiger partial charge on any atom is 0.335 e. The lowest BCUT2D eigenvalue weighted by molar-refractivity contribution is 0.0697. The summed E-state index contributed by atoms with van der Waals surface area (Å²) in [6, 6.07) is 11.7. The lowest BCUT2D eigenvalue weighted by Gasteiger charge is -2.42. The number of carbonyl (C=O) groups is 1. The van der Waals surface area contributed by atoms with Crippen molar-refractivity contribution >= 4 is 17.3 Å². The van der Waals surface area contributed by atoms with Crippen molar-refractivity contribution in [1.29, 1.82) is 0 Å². The van der Waals surface area contributed by atoms with Crippen LogP contribution in [0.25, 0.3) is 21.0 Å². The van der Waals surface area contributed by atoms with E-state index in [1.165, 1.54) is 35.1 Å². The van der Waals surface area contributed by atoms with Crippen molar-refractivity contribution in [2.75, 3.05) is 0 Å². The minimum absolute atomic E-state index is 0.167. The first-order chi connectivity index (χ1) is 13.6. The Kier molecular flexibility index (Phi) is 4.66. The Bertz CT molecular complexity index is 1090. The molecule has 0 amide bonds. The molecule has 0 spiro atoms. The normalized spacial score (nSPS) is 17.0. The Morgan fingerprint density at radius 2 is 1.59 bits per heavy atom. The fourth-order valence-corrected chi connectivity index (χ4v) is 5.26. The molecule has 150 valence electrons. The van der Waals surface area contributed by atoms with Gasteiger partial charge in [-0.2, -0.15) is 0 Å². The van der Waals surface area contributed by atoms with Crippen molar-refractivity contribution in [3.05, 3.63) is 64.8 Å². The Balaban J connectivity index is 1.76. The maximum atomic E-state index is 11.1. The lowest BCUT2D eigenvalue weighted by atomic mass is 9.62. The summed E-state index contributed by atoms with van der Waals surface area (Å²) >= 11 is 1.66. The van der Waals surface area contributed by atoms with Gasteiger partial charge in [0.15, 0.2) is 0 Å². The summed E-state index contributed by atoms with van der Waals surface area (Å²) in [5.41, 5.74) is 7.04. The molecule has 1 aromatic heterocycles. The number of carboxylic acid groups (broad SMARTS) is 1. The largest absolute Gasteiger partial charge is 0.478 e. The maximum absolute atomic E-state index is 11.1. The summed E-state index contributed by atoms with van der Waals surface area (Å²) in [5.74, 6) is -0.906. The van der Waals surface area contributed by atoms with Crippen molar-refractivity contribution < 1.29 is 9.90 Å². The average Bonchev–Trinajstić information content (AvgIpc) is 3.15. The number of aromatic nitrogens is 1. The quantitative estimate of drug-likeness (QED) is 0.519. The van der Waals surface area contributed by atoms with Gasteiger partial charge in [-0.1, -0.05) is 45.9 Å². The minimum atomic E-state index is -0.906. The van der Waals surface area contributed by atoms with E-state index in [1.54, 1.807) is 23.5 Å². The number of aromatic carboxylic acids is 1. The predicted molar refractivity (Wildman–Crippen MR) is 120 cm³/mol. The number of hydrogen-bond acceptors (Lipinski definition) is 3. The Labute approximate surface area is 176 Å². The molecule has 3 nitrogen and oxygen atoms in total. The Morgan fingerprint density at radius 1 is 1.00 bits per heavy atom. The second-order valence-electron chi connectivity index (χ2n) is 9.39. The summed E-state index contributed by atoms with van der Waals surface area (Å²) < 4.78 is 0. The molecule has 1 aliphatic carbocycles. The lowest BCUT2D eigenvalue weighted by Crippen LogP contribution is -2.34. The molecule has 29 heavy (non-hydrogen) atoms. The van der Waals surface area contributed by atoms with Crippen LogP contribution in [0.4, 0.5) is 0 Å². The van der Waals surface area contributed by atoms with Crippen molar-refractivity contribution in [2.45, 2.75) is 58.3 Å². The summed E-state index contributed by atoms with van der Waals surface area (Å²) in [6.07, 6.45) is 4.29. The van der Waals surface area contributed by atoms with Crippen molar-refractivity contribution in [3.8, 4) is 21.0 Å². The van der Waals surface area contributed by atoms with Crippen LogP contribution in [0, 0.1) is 6.92 Å². The van der Waals surface area contributed by atoms with E-state index in [4.69, 9.17) is 10.1 Å². The van der Waals surface area contributed by atoms with Gasteiger partial charge in [-0.25, -0.2) is 9.78 Å². The van der Waals surface area contributed by atoms with Gasteiger partial charge < -0.3 is 5.11 Å². The van der Waals surface area contributed by atoms with Gasteiger partial charge in [0, 0.05) is 11.8 Å². The first-order valence-electron chi connectivity index (χ1n) is 10.0. The topological polar surface area (TPSA) is 50.2 Å². The molecule has 4 heteroatoms. The third-order valence-electron chi connectivity index (χ3n) is 6.35. The van der Waals surface area contributed by atoms with Gasteiger partial charge in [-0.3, -0.25) is 0 Å². The van der Waals surface area contributed by atoms with E-state index in [2.05, 4.69) is 46.8 Å². The summed E-state index contributed by atoms with van der Waals surface area (Å²) in [6.45, 7) is 11.6. The van der Waals surface area contributed by atoms with E-state index in [0.29, 0.717) is 5.56 Å². The zero-order valence-electron chi connectivity index (χ0n) is 17.7. The number of thiazole rings is 1. The molecule has 0 saturated heterocycles. The minimum Gasteiger partial charge on any atom is -0.478 e. The molecular formula is C25H27NO2S. The van der Waals surface area contributed by atoms with E-state index in [-0.39, 0.29) is 10.8 Å². The molecule has 0 atom stereocenters. The molecule has 0 radical (unpaired) electrons. The van der Waals surface area contributed by atoms with Crippen molar-refractivity contribution in [2.24, 2.45) is 0 Å². The molecule has 0 fully saturated rings. The predicted octanol–water partition coefficient (Wildman–Crippen LogP) is 6.83. The molecule has 0 saturated carbocycles. The molecule has 3 aromatic rings. The summed E-state index contributed by atoms with van der Waals surface area (Å²) in [7, 11) is 0. The van der Waals surface area contributed by atoms with Crippen LogP contribution < -0.4 is 0 Å². The SMILES string of the molecule is Cc1cc2c(cc1-c1ncc(-c3ccc(C(=O)O)cc3)s1)C(C)(C)CCC2(C)C. The Morgan fingerprint density at radius 3 is 2.17 bits per heavy atom. The molecular weight excluding hydrogens is 378 g/mol. The van der Waals surface area contributed by atoms with E-state index in [0.717, 1.165) is 15.4 Å². The van der Waals surface area contributed by atoms with Crippen LogP contribution in [0.3, 0.4) is 0 Å². The Hall–Kier alpha value is -2.46. The van der Waals surface area contributed by atoms with E-state index in [1.807, 2.05) is 18.3 Å². The molecule has 4 rings (SSSR count). The van der Waals surface area contributed by atoms with Gasteiger partial charge in [-0.05, 0) is 71.0 Å². The monoisotopic (exact) mass is 405 g/mol. The smallest absolute Gasteiger partial charge is 0.335 e. The highest BCUT2D eigenvalue weighted by Crippen LogP contribution is 2.48. The average molecular weight is 406 g/mol. The second-order valence-corrected chi connectivity index (χ2v) is 10.4. The first kappa shape index (κ1) is 19.8. The number of fused-ring (bicyclic) bond motifs is 1. The third-order valence-corrected chi connectivity index (χ3v) is 7.43. The van der Waals surface area contributed by atoms with Crippen LogP contribution in [0.5, 0.6) is 0 Å². The van der Waals surface area contributed by atoms with E-state index in [9.17, 15) is 4.79 Å². The number of rotatable bonds is 3. The van der Waals surface area contributed by atoms with Crippen LogP contribution in [-0.2, 0) is 10.8 Å². The number of aryl methyl sites for hydroxylation is 1. The van der Waals surface area contributed by atoms with E-state index >= 15 is 0 Å². The van der Waals surface area contributed by atoms with Crippen LogP contribution in [0.2, 0.25) is 0 Å². The molecule has 2 aromatic carbocycles. The van der Waals surface area contributed by atoms with Crippen LogP contribution in [0.15, 0.2) is 42.6 Å². The first-order valence-corrected chi connectivity index (χ1v) is 10.9. The van der Waals surface area contributed by atoms with Crippen LogP contribution in [0.1, 0.15) is 67.6 Å². The van der Waals surface area contributed by atoms with Crippen LogP contribution in [-0.4, -0.2) is 16.1 Å². The van der Waals surface area contributed by atoms with Gasteiger partial charge in [-0.15, -0.1) is 11.3 Å². The number of benzene rings is 2. The summed E-state index contributed by atoms with van der Waals surface area (Å²) in [5, 5.41) is 10.1. The highest BCUT2D eigenvalue weighted by Gasteiger charge is 2.37. The van der Waals surface area contributed by atoms with Gasteiger partial charge in [0.05, 0.1) is 10.4 Å². The van der Waals surface area contributed by atoms with Crippen molar-refractivity contribution in [1.82, 2.24) is 4.98 Å². The molecule has 1 heterocycles. The molecule has 0 aliphatic heterocycles. The van der Waals surface area contributed by atoms with Crippen molar-refractivity contribution in [3.63, 3.8) is 0 Å². The van der Waals surface area contributed by atoms with Crippen LogP contribution >= 0.6 is 11.3 Å². The molecule has 0 unspecified atom stereocenters. The van der Waals surface area contributed by atoms with Gasteiger partial charge in [0.1, 0.15) is 5.01 Å². The highest BCUT2D eigenvalue weighted by atomic mass is 32.1. The summed E-state index contributed by atoms with van der Waals surface area (Å²) in [4.78, 5) is 16.8. The highest BCUT2D eigenvalue weighted by molar-refractivity contribution is 7.18. The van der Waals surface area contributed by atoms with Gasteiger partial charge in [0.2, 0.25) is 0 Å². The van der Waals surface area contributed by atoms with E-state index < -0.39 is 5.97 Å². The molecule has 0 bridgehead atoms. The number of hydrogen-bond donors (Lipinski definition) is 1. The zero-order valence-corrected chi connectivity index (χ0v) is 18.5. The number of carboxylic acids is 1. The van der Waals surface area contributed by atoms with Gasteiger partial charge >= 0.3 is 5.97 Å². The number of nitrogens with zero attached hydrogens (tertiary/aromatic N) is 1. The molecule has 1 N–H and O–H groups in total. The zero-order chi connectivity index (χ0) is 21.0. The fourth-order valence-electron chi connectivity index (χ4n) is 4.26. The van der Waals surface area contributed by atoms with Gasteiger partial charge in [0.25, 0.3) is 0 Å². The molecule has 1 aliphatic rings. The second kappa shape index (κ2) is 6.81. The third kappa shape index (κ3) is 3.51. The fraction of sp³-hybridized carbons (Fsp3) is 0.360. The standard InChI is InChI=1S/C25H27NO2S/c1-15-12-19-20(25(4,5)11-10-24(19,2)3)13-18(15)22-26-14-21(29-22)16-6-8-17(9-7-16)23(27)28/h6-9,12-14H,10-11H2,1-5H3,(H,27,28).